The fourth-order valence-electron chi connectivity index (χ4n) is 1.93. The Hall–Kier alpha value is -1.65. The van der Waals surface area contributed by atoms with Crippen LogP contribution in [0.3, 0.4) is 0 Å². The van der Waals surface area contributed by atoms with Gasteiger partial charge in [-0.05, 0) is 30.5 Å². The van der Waals surface area contributed by atoms with Crippen molar-refractivity contribution in [3.05, 3.63) is 40.4 Å². The van der Waals surface area contributed by atoms with E-state index in [0.717, 1.165) is 27.1 Å². The molecule has 0 amide bonds. The summed E-state index contributed by atoms with van der Waals surface area (Å²) in [5.74, 6) is 1.38. The lowest BCUT2D eigenvalue weighted by Gasteiger charge is -2.05. The second-order valence-electron chi connectivity index (χ2n) is 4.18. The van der Waals surface area contributed by atoms with Gasteiger partial charge in [0, 0.05) is 5.39 Å². The number of methoxy groups -OCH3 is 1. The van der Waals surface area contributed by atoms with Crippen LogP contribution < -0.4 is 4.74 Å². The second-order valence-corrected chi connectivity index (χ2v) is 5.45. The zero-order valence-electron chi connectivity index (χ0n) is 10.5. The molecule has 0 saturated heterocycles. The number of nitrogens with zero attached hydrogens (tertiary/aromatic N) is 2. The van der Waals surface area contributed by atoms with E-state index in [9.17, 15) is 0 Å². The maximum absolute atomic E-state index is 6.26. The van der Waals surface area contributed by atoms with Gasteiger partial charge in [0.2, 0.25) is 0 Å². The highest BCUT2D eigenvalue weighted by molar-refractivity contribution is 7.13. The molecule has 0 aliphatic carbocycles. The van der Waals surface area contributed by atoms with Crippen molar-refractivity contribution in [1.29, 1.82) is 0 Å². The number of thiophene rings is 1. The largest absolute Gasteiger partial charge is 0.495 e. The Bertz CT molecular complexity index is 754. The maximum Gasteiger partial charge on any atom is 0.175 e. The highest BCUT2D eigenvalue weighted by Crippen LogP contribution is 2.35. The van der Waals surface area contributed by atoms with E-state index in [-0.39, 0.29) is 0 Å². The molecule has 0 bridgehead atoms. The fraction of sp³-hybridized carbons (Fsp3) is 0.143. The van der Waals surface area contributed by atoms with Gasteiger partial charge in [0.25, 0.3) is 0 Å². The Morgan fingerprint density at radius 3 is 2.84 bits per heavy atom. The summed E-state index contributed by atoms with van der Waals surface area (Å²) in [7, 11) is 1.64. The Morgan fingerprint density at radius 2 is 2.05 bits per heavy atom. The molecular formula is C14H11ClN2OS. The standard InChI is InChI=1S/C14H11ClN2OS/c1-8-3-4-10-9(7-8)13(15)17-14(16-10)12-11(18-2)5-6-19-12/h3-7H,1-2H3. The average Bonchev–Trinajstić information content (AvgIpc) is 2.87. The molecule has 3 rings (SSSR count). The topological polar surface area (TPSA) is 35.0 Å². The minimum Gasteiger partial charge on any atom is -0.495 e. The molecule has 0 atom stereocenters. The lowest BCUT2D eigenvalue weighted by molar-refractivity contribution is 0.418. The van der Waals surface area contributed by atoms with Crippen molar-refractivity contribution in [3.8, 4) is 16.5 Å². The van der Waals surface area contributed by atoms with Crippen LogP contribution in [0.1, 0.15) is 5.56 Å². The third kappa shape index (κ3) is 2.17. The van der Waals surface area contributed by atoms with Crippen LogP contribution in [0.5, 0.6) is 5.75 Å². The molecule has 0 fully saturated rings. The molecule has 3 aromatic rings. The quantitative estimate of drug-likeness (QED) is 0.659. The van der Waals surface area contributed by atoms with Gasteiger partial charge in [-0.25, -0.2) is 9.97 Å². The van der Waals surface area contributed by atoms with E-state index in [2.05, 4.69) is 9.97 Å². The lowest BCUT2D eigenvalue weighted by atomic mass is 10.2. The number of ether oxygens (including phenoxy) is 1. The molecule has 96 valence electrons. The Morgan fingerprint density at radius 1 is 1.21 bits per heavy atom. The smallest absolute Gasteiger partial charge is 0.175 e. The van der Waals surface area contributed by atoms with Crippen LogP contribution in [-0.2, 0) is 0 Å². The number of fused-ring (bicyclic) bond motifs is 1. The molecule has 0 unspecified atom stereocenters. The number of rotatable bonds is 2. The van der Waals surface area contributed by atoms with E-state index in [1.165, 1.54) is 11.3 Å². The minimum atomic E-state index is 0.471. The molecule has 0 N–H and O–H groups in total. The average molecular weight is 291 g/mol. The van der Waals surface area contributed by atoms with Crippen molar-refractivity contribution < 1.29 is 4.74 Å². The summed E-state index contributed by atoms with van der Waals surface area (Å²) >= 11 is 7.80. The van der Waals surface area contributed by atoms with Gasteiger partial charge in [0.15, 0.2) is 5.82 Å². The van der Waals surface area contributed by atoms with Crippen LogP contribution in [0.15, 0.2) is 29.6 Å². The van der Waals surface area contributed by atoms with E-state index >= 15 is 0 Å². The van der Waals surface area contributed by atoms with Crippen LogP contribution in [0.4, 0.5) is 0 Å². The van der Waals surface area contributed by atoms with Crippen molar-refractivity contribution in [2.75, 3.05) is 7.11 Å². The molecule has 0 saturated carbocycles. The zero-order chi connectivity index (χ0) is 13.4. The van der Waals surface area contributed by atoms with Crippen LogP contribution >= 0.6 is 22.9 Å². The predicted molar refractivity (Wildman–Crippen MR) is 79.2 cm³/mol. The van der Waals surface area contributed by atoms with Gasteiger partial charge in [-0.1, -0.05) is 23.2 Å². The number of benzene rings is 1. The molecule has 2 aromatic heterocycles. The van der Waals surface area contributed by atoms with E-state index in [1.807, 2.05) is 36.6 Å². The van der Waals surface area contributed by atoms with E-state index in [4.69, 9.17) is 16.3 Å². The third-order valence-corrected chi connectivity index (χ3v) is 4.04. The van der Waals surface area contributed by atoms with Gasteiger partial charge in [-0.15, -0.1) is 11.3 Å². The van der Waals surface area contributed by atoms with Crippen molar-refractivity contribution >= 4 is 33.8 Å². The Kier molecular flexibility index (Phi) is 3.12. The molecule has 1 aromatic carbocycles. The summed E-state index contributed by atoms with van der Waals surface area (Å²) in [4.78, 5) is 9.84. The number of aromatic nitrogens is 2. The lowest BCUT2D eigenvalue weighted by Crippen LogP contribution is -1.92. The predicted octanol–water partition coefficient (Wildman–Crippen LogP) is 4.33. The number of halogens is 1. The summed E-state index contributed by atoms with van der Waals surface area (Å²) < 4.78 is 5.30. The number of aryl methyl sites for hydroxylation is 1. The van der Waals surface area contributed by atoms with Crippen molar-refractivity contribution in [1.82, 2.24) is 9.97 Å². The maximum atomic E-state index is 6.26. The molecular weight excluding hydrogens is 280 g/mol. The van der Waals surface area contributed by atoms with E-state index < -0.39 is 0 Å². The van der Waals surface area contributed by atoms with E-state index in [1.54, 1.807) is 7.11 Å². The summed E-state index contributed by atoms with van der Waals surface area (Å²) in [5.41, 5.74) is 1.98. The summed E-state index contributed by atoms with van der Waals surface area (Å²) in [6.45, 7) is 2.02. The molecule has 0 aliphatic rings. The van der Waals surface area contributed by atoms with Gasteiger partial charge in [0.05, 0.1) is 12.6 Å². The van der Waals surface area contributed by atoms with Crippen LogP contribution in [0, 0.1) is 6.92 Å². The molecule has 0 radical (unpaired) electrons. The molecule has 0 spiro atoms. The van der Waals surface area contributed by atoms with Gasteiger partial charge in [0.1, 0.15) is 15.8 Å². The van der Waals surface area contributed by atoms with E-state index in [0.29, 0.717) is 11.0 Å². The first kappa shape index (κ1) is 12.4. The Labute approximate surface area is 119 Å². The first-order chi connectivity index (χ1) is 9.19. The molecule has 2 heterocycles. The molecule has 19 heavy (non-hydrogen) atoms. The Balaban J connectivity index is 2.24. The number of hydrogen-bond donors (Lipinski definition) is 0. The molecule has 3 nitrogen and oxygen atoms in total. The van der Waals surface area contributed by atoms with Gasteiger partial charge >= 0.3 is 0 Å². The van der Waals surface area contributed by atoms with Crippen molar-refractivity contribution in [2.24, 2.45) is 0 Å². The summed E-state index contributed by atoms with van der Waals surface area (Å²) in [6, 6.07) is 7.87. The highest BCUT2D eigenvalue weighted by atomic mass is 35.5. The van der Waals surface area contributed by atoms with Crippen molar-refractivity contribution in [3.63, 3.8) is 0 Å². The first-order valence-electron chi connectivity index (χ1n) is 5.75. The van der Waals surface area contributed by atoms with Crippen LogP contribution in [0.25, 0.3) is 21.6 Å². The van der Waals surface area contributed by atoms with Crippen LogP contribution in [0.2, 0.25) is 5.15 Å². The fourth-order valence-corrected chi connectivity index (χ4v) is 2.95. The molecule has 5 heteroatoms. The van der Waals surface area contributed by atoms with Gasteiger partial charge in [-0.2, -0.15) is 0 Å². The van der Waals surface area contributed by atoms with Gasteiger partial charge in [-0.3, -0.25) is 0 Å². The number of hydrogen-bond acceptors (Lipinski definition) is 4. The zero-order valence-corrected chi connectivity index (χ0v) is 12.0. The summed E-state index contributed by atoms with van der Waals surface area (Å²) in [6.07, 6.45) is 0. The normalized spacial score (nSPS) is 10.9. The highest BCUT2D eigenvalue weighted by Gasteiger charge is 2.13. The summed E-state index contributed by atoms with van der Waals surface area (Å²) in [5, 5.41) is 3.30. The third-order valence-electron chi connectivity index (χ3n) is 2.86. The monoisotopic (exact) mass is 290 g/mol. The van der Waals surface area contributed by atoms with Crippen molar-refractivity contribution in [2.45, 2.75) is 6.92 Å². The van der Waals surface area contributed by atoms with Gasteiger partial charge < -0.3 is 4.74 Å². The minimum absolute atomic E-state index is 0.471. The molecule has 0 aliphatic heterocycles. The second kappa shape index (κ2) is 4.79. The van der Waals surface area contributed by atoms with Crippen LogP contribution in [-0.4, -0.2) is 17.1 Å². The first-order valence-corrected chi connectivity index (χ1v) is 7.00. The SMILES string of the molecule is COc1ccsc1-c1nc(Cl)c2cc(C)ccc2n1.